The summed E-state index contributed by atoms with van der Waals surface area (Å²) in [5, 5.41) is 4.34. The molecule has 0 atom stereocenters. The van der Waals surface area contributed by atoms with Crippen LogP contribution in [0.3, 0.4) is 0 Å². The van der Waals surface area contributed by atoms with Crippen molar-refractivity contribution in [3.05, 3.63) is 22.1 Å². The van der Waals surface area contributed by atoms with Gasteiger partial charge in [-0.15, -0.1) is 11.3 Å². The van der Waals surface area contributed by atoms with Crippen LogP contribution >= 0.6 is 11.3 Å². The Labute approximate surface area is 111 Å². The second kappa shape index (κ2) is 5.02. The molecule has 0 radical (unpaired) electrons. The molecule has 0 spiro atoms. The van der Waals surface area contributed by atoms with Gasteiger partial charge in [0.15, 0.2) is 0 Å². The first kappa shape index (κ1) is 13.0. The van der Waals surface area contributed by atoms with Crippen LogP contribution in [-0.2, 0) is 0 Å². The van der Waals surface area contributed by atoms with Crippen molar-refractivity contribution in [1.29, 1.82) is 0 Å². The van der Waals surface area contributed by atoms with Gasteiger partial charge in [-0.05, 0) is 32.6 Å². The number of rotatable bonds is 5. The van der Waals surface area contributed by atoms with Crippen molar-refractivity contribution in [2.24, 2.45) is 5.73 Å². The number of allylic oxidation sites excluding steroid dienone is 1. The number of carbonyl (C=O) groups excluding carboxylic acids is 1. The molecule has 1 saturated carbocycles. The van der Waals surface area contributed by atoms with E-state index in [2.05, 4.69) is 25.2 Å². The second-order valence-corrected chi connectivity index (χ2v) is 5.91. The van der Waals surface area contributed by atoms with E-state index in [9.17, 15) is 4.79 Å². The van der Waals surface area contributed by atoms with E-state index in [1.807, 2.05) is 0 Å². The molecule has 0 aromatic carbocycles. The van der Waals surface area contributed by atoms with Gasteiger partial charge in [0, 0.05) is 12.1 Å². The number of hydrogen-bond acceptors (Lipinski definition) is 4. The van der Waals surface area contributed by atoms with Crippen molar-refractivity contribution < 1.29 is 4.79 Å². The Morgan fingerprint density at radius 3 is 2.67 bits per heavy atom. The zero-order chi connectivity index (χ0) is 13.3. The fraction of sp³-hybridized carbons (Fsp3) is 0.462. The van der Waals surface area contributed by atoms with E-state index in [0.717, 1.165) is 30.0 Å². The van der Waals surface area contributed by atoms with Gasteiger partial charge < -0.3 is 16.8 Å². The summed E-state index contributed by atoms with van der Waals surface area (Å²) in [6, 6.07) is 0. The fourth-order valence-electron chi connectivity index (χ4n) is 1.90. The summed E-state index contributed by atoms with van der Waals surface area (Å²) in [6.45, 7) is 4.86. The van der Waals surface area contributed by atoms with Crippen molar-refractivity contribution in [2.75, 3.05) is 17.6 Å². The van der Waals surface area contributed by atoms with E-state index in [4.69, 9.17) is 11.5 Å². The minimum absolute atomic E-state index is 0.435. The maximum atomic E-state index is 11.3. The summed E-state index contributed by atoms with van der Waals surface area (Å²) in [7, 11) is 0. The van der Waals surface area contributed by atoms with E-state index in [-0.39, 0.29) is 0 Å². The monoisotopic (exact) mass is 265 g/mol. The molecule has 5 N–H and O–H groups in total. The standard InChI is InChI=1S/C13H19N3OS/c1-7(2)5-6-16-13-9(8-3-4-8)10(14)11(18-13)12(15)17/h5,8,16H,3-4,6,14H2,1-2H3,(H2,15,17). The van der Waals surface area contributed by atoms with Crippen LogP contribution in [0.2, 0.25) is 0 Å². The van der Waals surface area contributed by atoms with Gasteiger partial charge in [-0.3, -0.25) is 4.79 Å². The number of carbonyl (C=O) groups is 1. The minimum atomic E-state index is -0.435. The molecular weight excluding hydrogens is 246 g/mol. The molecule has 1 heterocycles. The van der Waals surface area contributed by atoms with E-state index in [1.54, 1.807) is 0 Å². The quantitative estimate of drug-likeness (QED) is 0.716. The molecule has 0 bridgehead atoms. The molecule has 1 fully saturated rings. The highest BCUT2D eigenvalue weighted by Crippen LogP contribution is 2.50. The van der Waals surface area contributed by atoms with Gasteiger partial charge in [0.25, 0.3) is 5.91 Å². The number of nitrogen functional groups attached to an aromatic ring is 1. The number of nitrogens with one attached hydrogen (secondary N) is 1. The Balaban J connectivity index is 2.25. The van der Waals surface area contributed by atoms with Crippen molar-refractivity contribution in [1.82, 2.24) is 0 Å². The third-order valence-corrected chi connectivity index (χ3v) is 4.16. The van der Waals surface area contributed by atoms with Gasteiger partial charge >= 0.3 is 0 Å². The van der Waals surface area contributed by atoms with Gasteiger partial charge in [-0.2, -0.15) is 0 Å². The number of primary amides is 1. The highest BCUT2D eigenvalue weighted by Gasteiger charge is 2.32. The summed E-state index contributed by atoms with van der Waals surface area (Å²) in [5.41, 5.74) is 14.3. The van der Waals surface area contributed by atoms with Crippen LogP contribution in [0.1, 0.15) is 47.8 Å². The maximum absolute atomic E-state index is 11.3. The maximum Gasteiger partial charge on any atom is 0.260 e. The van der Waals surface area contributed by atoms with Crippen LogP contribution in [0.25, 0.3) is 0 Å². The topological polar surface area (TPSA) is 81.1 Å². The summed E-state index contributed by atoms with van der Waals surface area (Å²) in [6.07, 6.45) is 4.41. The van der Waals surface area contributed by atoms with Crippen LogP contribution in [0.5, 0.6) is 0 Å². The molecule has 1 aliphatic carbocycles. The summed E-state index contributed by atoms with van der Waals surface area (Å²) in [4.78, 5) is 11.8. The molecule has 18 heavy (non-hydrogen) atoms. The number of hydrogen-bond donors (Lipinski definition) is 3. The van der Waals surface area contributed by atoms with Crippen LogP contribution in [0, 0.1) is 0 Å². The lowest BCUT2D eigenvalue weighted by Crippen LogP contribution is -2.11. The van der Waals surface area contributed by atoms with E-state index < -0.39 is 5.91 Å². The molecule has 98 valence electrons. The average molecular weight is 265 g/mol. The summed E-state index contributed by atoms with van der Waals surface area (Å²) in [5.74, 6) is 0.0678. The highest BCUT2D eigenvalue weighted by molar-refractivity contribution is 7.18. The SMILES string of the molecule is CC(C)=CCNc1sc(C(N)=O)c(N)c1C1CC1. The molecule has 1 aromatic heterocycles. The lowest BCUT2D eigenvalue weighted by atomic mass is 10.1. The lowest BCUT2D eigenvalue weighted by molar-refractivity contribution is 0.100. The fourth-order valence-corrected chi connectivity index (χ4v) is 2.96. The van der Waals surface area contributed by atoms with Gasteiger partial charge in [0.2, 0.25) is 0 Å². The van der Waals surface area contributed by atoms with Gasteiger partial charge in [0.1, 0.15) is 4.88 Å². The molecule has 1 aliphatic rings. The average Bonchev–Trinajstić information content (AvgIpc) is 3.04. The Morgan fingerprint density at radius 2 is 2.17 bits per heavy atom. The molecule has 0 unspecified atom stereocenters. The predicted molar refractivity (Wildman–Crippen MR) is 77.1 cm³/mol. The summed E-state index contributed by atoms with van der Waals surface area (Å²) >= 11 is 1.37. The molecule has 2 rings (SSSR count). The number of amides is 1. The molecular formula is C13H19N3OS. The smallest absolute Gasteiger partial charge is 0.260 e. The molecule has 5 heteroatoms. The van der Waals surface area contributed by atoms with Crippen LogP contribution in [-0.4, -0.2) is 12.5 Å². The van der Waals surface area contributed by atoms with E-state index >= 15 is 0 Å². The first-order valence-corrected chi connectivity index (χ1v) is 6.91. The number of anilines is 2. The van der Waals surface area contributed by atoms with Crippen molar-refractivity contribution in [3.8, 4) is 0 Å². The third-order valence-electron chi connectivity index (χ3n) is 2.97. The third kappa shape index (κ3) is 2.67. The van der Waals surface area contributed by atoms with Crippen molar-refractivity contribution >= 4 is 27.9 Å². The molecule has 0 aliphatic heterocycles. The van der Waals surface area contributed by atoms with Crippen LogP contribution in [0.15, 0.2) is 11.6 Å². The normalized spacial score (nSPS) is 14.3. The Morgan fingerprint density at radius 1 is 1.50 bits per heavy atom. The molecule has 4 nitrogen and oxygen atoms in total. The largest absolute Gasteiger partial charge is 0.397 e. The first-order chi connectivity index (χ1) is 8.50. The minimum Gasteiger partial charge on any atom is -0.397 e. The Hall–Kier alpha value is -1.49. The van der Waals surface area contributed by atoms with Crippen LogP contribution < -0.4 is 16.8 Å². The molecule has 0 saturated heterocycles. The van der Waals surface area contributed by atoms with E-state index in [1.165, 1.54) is 16.9 Å². The Bertz CT molecular complexity index is 497. The van der Waals surface area contributed by atoms with Crippen LogP contribution in [0.4, 0.5) is 10.7 Å². The molecule has 1 amide bonds. The van der Waals surface area contributed by atoms with Crippen molar-refractivity contribution in [3.63, 3.8) is 0 Å². The number of thiophene rings is 1. The first-order valence-electron chi connectivity index (χ1n) is 6.10. The lowest BCUT2D eigenvalue weighted by Gasteiger charge is -2.05. The predicted octanol–water partition coefficient (Wildman–Crippen LogP) is 2.68. The van der Waals surface area contributed by atoms with Gasteiger partial charge in [-0.1, -0.05) is 11.6 Å². The number of nitrogens with two attached hydrogens (primary N) is 2. The second-order valence-electron chi connectivity index (χ2n) is 4.89. The van der Waals surface area contributed by atoms with Gasteiger partial charge in [0.05, 0.1) is 10.7 Å². The van der Waals surface area contributed by atoms with Gasteiger partial charge in [-0.25, -0.2) is 0 Å². The van der Waals surface area contributed by atoms with E-state index in [0.29, 0.717) is 16.5 Å². The Kier molecular flexibility index (Phi) is 3.61. The summed E-state index contributed by atoms with van der Waals surface area (Å²) < 4.78 is 0. The van der Waals surface area contributed by atoms with Crippen molar-refractivity contribution in [2.45, 2.75) is 32.6 Å². The molecule has 1 aromatic rings. The highest BCUT2D eigenvalue weighted by atomic mass is 32.1. The zero-order valence-electron chi connectivity index (χ0n) is 10.7. The zero-order valence-corrected chi connectivity index (χ0v) is 11.6.